The molecule has 0 bridgehead atoms. The molecule has 1 aromatic rings. The zero-order valence-corrected chi connectivity index (χ0v) is 14.3. The summed E-state index contributed by atoms with van der Waals surface area (Å²) in [6, 6.07) is 5.86. The molecule has 0 saturated carbocycles. The van der Waals surface area contributed by atoms with Crippen LogP contribution in [0.5, 0.6) is 0 Å². The lowest BCUT2D eigenvalue weighted by molar-refractivity contribution is 0.0557. The molecule has 3 atom stereocenters. The zero-order valence-electron chi connectivity index (χ0n) is 14.3. The predicted molar refractivity (Wildman–Crippen MR) is 88.5 cm³/mol. The molecular weight excluding hydrogens is 260 g/mol. The molecule has 21 heavy (non-hydrogen) atoms. The van der Waals surface area contributed by atoms with Crippen LogP contribution in [0.15, 0.2) is 22.8 Å². The van der Waals surface area contributed by atoms with Gasteiger partial charge >= 0.3 is 0 Å². The maximum absolute atomic E-state index is 5.54. The highest BCUT2D eigenvalue weighted by molar-refractivity contribution is 5.01. The van der Waals surface area contributed by atoms with Crippen LogP contribution < -0.4 is 5.32 Å². The Morgan fingerprint density at radius 3 is 2.62 bits per heavy atom. The molecule has 1 aliphatic rings. The summed E-state index contributed by atoms with van der Waals surface area (Å²) in [7, 11) is 0. The van der Waals surface area contributed by atoms with Crippen LogP contribution in [-0.2, 0) is 6.42 Å². The Balaban J connectivity index is 2.02. The lowest BCUT2D eigenvalue weighted by atomic mass is 9.93. The highest BCUT2D eigenvalue weighted by atomic mass is 16.3. The highest BCUT2D eigenvalue weighted by Gasteiger charge is 2.33. The molecule has 2 heterocycles. The zero-order chi connectivity index (χ0) is 15.4. The van der Waals surface area contributed by atoms with Gasteiger partial charge in [-0.3, -0.25) is 4.90 Å². The fourth-order valence-electron chi connectivity index (χ4n) is 3.55. The van der Waals surface area contributed by atoms with Crippen LogP contribution in [0.25, 0.3) is 0 Å². The SMILES string of the molecule is CC(C)CC1CN(C(C)Cc2ccco2)C(C(C)C)CN1. The average molecular weight is 292 g/mol. The highest BCUT2D eigenvalue weighted by Crippen LogP contribution is 2.22. The van der Waals surface area contributed by atoms with Crippen molar-refractivity contribution >= 4 is 0 Å². The Bertz CT molecular complexity index is 399. The standard InChI is InChI=1S/C18H32N2O/c1-13(2)9-16-12-20(18(11-19-16)14(3)4)15(5)10-17-7-6-8-21-17/h6-8,13-16,18-19H,9-12H2,1-5H3. The van der Waals surface area contributed by atoms with Gasteiger partial charge in [-0.25, -0.2) is 0 Å². The van der Waals surface area contributed by atoms with E-state index in [4.69, 9.17) is 4.42 Å². The first-order chi connectivity index (χ1) is 9.97. The lowest BCUT2D eigenvalue weighted by Gasteiger charge is -2.46. The molecule has 2 rings (SSSR count). The van der Waals surface area contributed by atoms with E-state index in [9.17, 15) is 0 Å². The molecule has 1 fully saturated rings. The van der Waals surface area contributed by atoms with Gasteiger partial charge in [0, 0.05) is 37.6 Å². The van der Waals surface area contributed by atoms with E-state index in [1.807, 2.05) is 6.07 Å². The van der Waals surface area contributed by atoms with Gasteiger partial charge in [-0.05, 0) is 37.3 Å². The minimum absolute atomic E-state index is 0.528. The molecule has 0 aromatic carbocycles. The van der Waals surface area contributed by atoms with Crippen LogP contribution in [-0.4, -0.2) is 36.1 Å². The van der Waals surface area contributed by atoms with Crippen molar-refractivity contribution in [2.75, 3.05) is 13.1 Å². The van der Waals surface area contributed by atoms with Gasteiger partial charge in [0.25, 0.3) is 0 Å². The van der Waals surface area contributed by atoms with Gasteiger partial charge in [-0.2, -0.15) is 0 Å². The third-order valence-electron chi connectivity index (χ3n) is 4.64. The van der Waals surface area contributed by atoms with Crippen molar-refractivity contribution in [1.82, 2.24) is 10.2 Å². The normalized spacial score (nSPS) is 25.7. The van der Waals surface area contributed by atoms with E-state index < -0.39 is 0 Å². The molecule has 0 radical (unpaired) electrons. The largest absolute Gasteiger partial charge is 0.469 e. The van der Waals surface area contributed by atoms with Crippen molar-refractivity contribution in [3.8, 4) is 0 Å². The summed E-state index contributed by atoms with van der Waals surface area (Å²) in [6.07, 6.45) is 4.04. The first-order valence-corrected chi connectivity index (χ1v) is 8.48. The van der Waals surface area contributed by atoms with Gasteiger partial charge in [0.05, 0.1) is 6.26 Å². The van der Waals surface area contributed by atoms with Crippen LogP contribution in [0.4, 0.5) is 0 Å². The predicted octanol–water partition coefficient (Wildman–Crippen LogP) is 3.56. The van der Waals surface area contributed by atoms with Gasteiger partial charge in [0.2, 0.25) is 0 Å². The van der Waals surface area contributed by atoms with Crippen LogP contribution in [0.1, 0.15) is 46.8 Å². The molecule has 0 amide bonds. The monoisotopic (exact) mass is 292 g/mol. The van der Waals surface area contributed by atoms with Crippen LogP contribution in [0, 0.1) is 11.8 Å². The van der Waals surface area contributed by atoms with Crippen molar-refractivity contribution in [3.63, 3.8) is 0 Å². The summed E-state index contributed by atoms with van der Waals surface area (Å²) in [4.78, 5) is 2.71. The van der Waals surface area contributed by atoms with Crippen molar-refractivity contribution in [2.45, 2.75) is 65.6 Å². The number of hydrogen-bond acceptors (Lipinski definition) is 3. The van der Waals surface area contributed by atoms with Crippen molar-refractivity contribution in [2.24, 2.45) is 11.8 Å². The van der Waals surface area contributed by atoms with E-state index in [0.29, 0.717) is 24.0 Å². The molecule has 1 saturated heterocycles. The Hall–Kier alpha value is -0.800. The van der Waals surface area contributed by atoms with Gasteiger partial charge in [-0.1, -0.05) is 27.7 Å². The van der Waals surface area contributed by atoms with Gasteiger partial charge in [0.1, 0.15) is 5.76 Å². The molecule has 3 nitrogen and oxygen atoms in total. The topological polar surface area (TPSA) is 28.4 Å². The summed E-state index contributed by atoms with van der Waals surface area (Å²) in [5.41, 5.74) is 0. The number of hydrogen-bond donors (Lipinski definition) is 1. The number of furan rings is 1. The maximum Gasteiger partial charge on any atom is 0.105 e. The van der Waals surface area contributed by atoms with E-state index in [1.165, 1.54) is 6.42 Å². The van der Waals surface area contributed by atoms with Crippen LogP contribution in [0.2, 0.25) is 0 Å². The summed E-state index contributed by atoms with van der Waals surface area (Å²) in [6.45, 7) is 13.9. The van der Waals surface area contributed by atoms with Gasteiger partial charge in [0.15, 0.2) is 0 Å². The molecule has 1 aliphatic heterocycles. The Labute approximate surface area is 130 Å². The molecule has 1 aromatic heterocycles. The second-order valence-corrected chi connectivity index (χ2v) is 7.38. The van der Waals surface area contributed by atoms with Crippen molar-refractivity contribution < 1.29 is 4.42 Å². The van der Waals surface area contributed by atoms with Crippen molar-refractivity contribution in [3.05, 3.63) is 24.2 Å². The fraction of sp³-hybridized carbons (Fsp3) is 0.778. The van der Waals surface area contributed by atoms with E-state index in [2.05, 4.69) is 50.9 Å². The first kappa shape index (κ1) is 16.6. The average Bonchev–Trinajstić information content (AvgIpc) is 2.90. The number of nitrogens with zero attached hydrogens (tertiary/aromatic N) is 1. The van der Waals surface area contributed by atoms with Gasteiger partial charge in [-0.15, -0.1) is 0 Å². The second-order valence-electron chi connectivity index (χ2n) is 7.38. The third-order valence-corrected chi connectivity index (χ3v) is 4.64. The fourth-order valence-corrected chi connectivity index (χ4v) is 3.55. The molecule has 3 heteroatoms. The molecule has 3 unspecified atom stereocenters. The molecule has 0 aliphatic carbocycles. The van der Waals surface area contributed by atoms with E-state index >= 15 is 0 Å². The number of nitrogens with one attached hydrogen (secondary N) is 1. The molecular formula is C18H32N2O. The Kier molecular flexibility index (Phi) is 5.88. The number of piperazine rings is 1. The molecule has 1 N–H and O–H groups in total. The minimum Gasteiger partial charge on any atom is -0.469 e. The quantitative estimate of drug-likeness (QED) is 0.869. The summed E-state index contributed by atoms with van der Waals surface area (Å²) < 4.78 is 5.54. The third kappa shape index (κ3) is 4.58. The second kappa shape index (κ2) is 7.46. The summed E-state index contributed by atoms with van der Waals surface area (Å²) >= 11 is 0. The van der Waals surface area contributed by atoms with Crippen molar-refractivity contribution in [1.29, 1.82) is 0 Å². The van der Waals surface area contributed by atoms with Crippen LogP contribution >= 0.6 is 0 Å². The van der Waals surface area contributed by atoms with Gasteiger partial charge < -0.3 is 9.73 Å². The maximum atomic E-state index is 5.54. The smallest absolute Gasteiger partial charge is 0.105 e. The first-order valence-electron chi connectivity index (χ1n) is 8.48. The molecule has 0 spiro atoms. The van der Waals surface area contributed by atoms with E-state index in [1.54, 1.807) is 6.26 Å². The Morgan fingerprint density at radius 1 is 1.29 bits per heavy atom. The summed E-state index contributed by atoms with van der Waals surface area (Å²) in [5.74, 6) is 2.53. The molecule has 120 valence electrons. The summed E-state index contributed by atoms with van der Waals surface area (Å²) in [5, 5.41) is 3.76. The number of rotatable bonds is 6. The van der Waals surface area contributed by atoms with E-state index in [-0.39, 0.29) is 0 Å². The minimum atomic E-state index is 0.528. The van der Waals surface area contributed by atoms with E-state index in [0.717, 1.165) is 31.2 Å². The Morgan fingerprint density at radius 2 is 2.05 bits per heavy atom. The lowest BCUT2D eigenvalue weighted by Crippen LogP contribution is -2.61. The van der Waals surface area contributed by atoms with Crippen LogP contribution in [0.3, 0.4) is 0 Å².